The van der Waals surface area contributed by atoms with E-state index >= 15 is 0 Å². The van der Waals surface area contributed by atoms with Gasteiger partial charge < -0.3 is 5.32 Å². The van der Waals surface area contributed by atoms with Crippen LogP contribution in [-0.2, 0) is 11.8 Å². The highest BCUT2D eigenvalue weighted by Gasteiger charge is 2.39. The summed E-state index contributed by atoms with van der Waals surface area (Å²) in [4.78, 5) is 0. The number of benzene rings is 1. The molecule has 0 aromatic heterocycles. The summed E-state index contributed by atoms with van der Waals surface area (Å²) in [7, 11) is 0. The van der Waals surface area contributed by atoms with Gasteiger partial charge >= 0.3 is 6.18 Å². The van der Waals surface area contributed by atoms with Crippen LogP contribution >= 0.6 is 0 Å². The molecule has 1 fully saturated rings. The first-order valence-electron chi connectivity index (χ1n) is 5.60. The Morgan fingerprint density at radius 3 is 2.50 bits per heavy atom. The minimum absolute atomic E-state index is 0.0457. The van der Waals surface area contributed by atoms with Gasteiger partial charge in [-0.3, -0.25) is 0 Å². The predicted molar refractivity (Wildman–Crippen MR) is 56.3 cm³/mol. The van der Waals surface area contributed by atoms with Gasteiger partial charge in [0.1, 0.15) is 11.5 Å². The Labute approximate surface area is 101 Å². The van der Waals surface area contributed by atoms with Gasteiger partial charge in [0.25, 0.3) is 0 Å². The Bertz CT molecular complexity index is 435. The van der Waals surface area contributed by atoms with E-state index in [4.69, 9.17) is 0 Å². The van der Waals surface area contributed by atoms with Crippen LogP contribution in [0.1, 0.15) is 24.0 Å². The number of rotatable bonds is 1. The fourth-order valence-corrected chi connectivity index (χ4v) is 2.14. The molecule has 1 aromatic rings. The van der Waals surface area contributed by atoms with E-state index < -0.39 is 23.2 Å². The number of alkyl halides is 4. The molecule has 6 heteroatoms. The zero-order valence-electron chi connectivity index (χ0n) is 9.45. The second kappa shape index (κ2) is 4.50. The lowest BCUT2D eigenvalue weighted by atomic mass is 9.87. The molecule has 0 spiro atoms. The molecule has 0 amide bonds. The molecule has 0 bridgehead atoms. The van der Waals surface area contributed by atoms with Gasteiger partial charge in [-0.1, -0.05) is 6.07 Å². The fraction of sp³-hybridized carbons (Fsp3) is 0.500. The van der Waals surface area contributed by atoms with Crippen molar-refractivity contribution < 1.29 is 22.0 Å². The second-order valence-electron chi connectivity index (χ2n) is 4.44. The maximum atomic E-state index is 14.5. The summed E-state index contributed by atoms with van der Waals surface area (Å²) >= 11 is 0. The van der Waals surface area contributed by atoms with E-state index in [-0.39, 0.29) is 18.5 Å². The first kappa shape index (κ1) is 13.3. The van der Waals surface area contributed by atoms with Gasteiger partial charge in [-0.05, 0) is 37.1 Å². The molecule has 0 saturated carbocycles. The molecule has 1 aromatic carbocycles. The molecule has 100 valence electrons. The van der Waals surface area contributed by atoms with Crippen molar-refractivity contribution in [3.63, 3.8) is 0 Å². The Morgan fingerprint density at radius 2 is 1.94 bits per heavy atom. The van der Waals surface area contributed by atoms with E-state index in [2.05, 4.69) is 5.32 Å². The lowest BCUT2D eigenvalue weighted by Gasteiger charge is -2.31. The third-order valence-electron chi connectivity index (χ3n) is 3.12. The van der Waals surface area contributed by atoms with E-state index in [1.807, 2.05) is 0 Å². The molecule has 1 nitrogen and oxygen atoms in total. The van der Waals surface area contributed by atoms with Gasteiger partial charge in [-0.15, -0.1) is 0 Å². The molecule has 1 aliphatic rings. The molecule has 1 atom stereocenters. The zero-order chi connectivity index (χ0) is 13.4. The second-order valence-corrected chi connectivity index (χ2v) is 4.44. The molecule has 1 saturated heterocycles. The van der Waals surface area contributed by atoms with Crippen molar-refractivity contribution in [1.29, 1.82) is 0 Å². The van der Waals surface area contributed by atoms with Gasteiger partial charge in [0, 0.05) is 6.54 Å². The average molecular weight is 265 g/mol. The van der Waals surface area contributed by atoms with Crippen LogP contribution in [0.4, 0.5) is 22.0 Å². The molecule has 2 rings (SSSR count). The smallest absolute Gasteiger partial charge is 0.313 e. The van der Waals surface area contributed by atoms with E-state index in [0.717, 1.165) is 6.07 Å². The van der Waals surface area contributed by atoms with Crippen molar-refractivity contribution in [1.82, 2.24) is 5.32 Å². The highest BCUT2D eigenvalue weighted by atomic mass is 19.4. The summed E-state index contributed by atoms with van der Waals surface area (Å²) in [5, 5.41) is 2.80. The summed E-state index contributed by atoms with van der Waals surface area (Å²) in [5.74, 6) is -1.38. The quantitative estimate of drug-likeness (QED) is 0.767. The zero-order valence-corrected chi connectivity index (χ0v) is 9.45. The minimum atomic E-state index is -4.81. The van der Waals surface area contributed by atoms with Gasteiger partial charge in [-0.25, -0.2) is 8.78 Å². The van der Waals surface area contributed by atoms with Crippen molar-refractivity contribution in [3.8, 4) is 0 Å². The highest BCUT2D eigenvalue weighted by Crippen LogP contribution is 2.37. The summed E-state index contributed by atoms with van der Waals surface area (Å²) in [6.45, 7) is 0.592. The Kier molecular flexibility index (Phi) is 3.31. The molecule has 0 aliphatic carbocycles. The van der Waals surface area contributed by atoms with Crippen molar-refractivity contribution in [2.24, 2.45) is 0 Å². The lowest BCUT2D eigenvalue weighted by molar-refractivity contribution is -0.140. The largest absolute Gasteiger partial charge is 0.419 e. The molecular formula is C12H12F5N. The number of hydrogen-bond donors (Lipinski definition) is 1. The van der Waals surface area contributed by atoms with Gasteiger partial charge in [0.2, 0.25) is 0 Å². The Balaban J connectivity index is 2.40. The third kappa shape index (κ3) is 2.48. The molecule has 1 N–H and O–H groups in total. The van der Waals surface area contributed by atoms with E-state index in [1.54, 1.807) is 0 Å². The van der Waals surface area contributed by atoms with Crippen molar-refractivity contribution in [2.75, 3.05) is 13.1 Å². The maximum absolute atomic E-state index is 14.5. The summed E-state index contributed by atoms with van der Waals surface area (Å²) in [6.07, 6.45) is -4.13. The van der Waals surface area contributed by atoms with Crippen molar-refractivity contribution in [2.45, 2.75) is 24.7 Å². The van der Waals surface area contributed by atoms with Crippen LogP contribution in [0.2, 0.25) is 0 Å². The van der Waals surface area contributed by atoms with Crippen molar-refractivity contribution >= 4 is 0 Å². The van der Waals surface area contributed by atoms with E-state index in [0.29, 0.717) is 25.1 Å². The minimum Gasteiger partial charge on any atom is -0.313 e. The topological polar surface area (TPSA) is 12.0 Å². The lowest BCUT2D eigenvalue weighted by Crippen LogP contribution is -2.40. The van der Waals surface area contributed by atoms with E-state index in [9.17, 15) is 22.0 Å². The van der Waals surface area contributed by atoms with E-state index in [1.165, 1.54) is 0 Å². The predicted octanol–water partition coefficient (Wildman–Crippen LogP) is 3.39. The molecular weight excluding hydrogens is 253 g/mol. The summed E-state index contributed by atoms with van der Waals surface area (Å²) < 4.78 is 65.2. The van der Waals surface area contributed by atoms with Crippen LogP contribution in [0.25, 0.3) is 0 Å². The highest BCUT2D eigenvalue weighted by molar-refractivity contribution is 5.32. The average Bonchev–Trinajstić information content (AvgIpc) is 2.28. The summed E-state index contributed by atoms with van der Waals surface area (Å²) in [5.41, 5.74) is -3.39. The van der Waals surface area contributed by atoms with Gasteiger partial charge in [0.15, 0.2) is 0 Å². The third-order valence-corrected chi connectivity index (χ3v) is 3.12. The van der Waals surface area contributed by atoms with Gasteiger partial charge in [0.05, 0.1) is 5.56 Å². The molecule has 0 radical (unpaired) electrons. The SMILES string of the molecule is Fc1ccc(C2(F)CCCNC2)cc1C(F)(F)F. The molecule has 1 aliphatic heterocycles. The van der Waals surface area contributed by atoms with Gasteiger partial charge in [-0.2, -0.15) is 13.2 Å². The Morgan fingerprint density at radius 1 is 1.22 bits per heavy atom. The van der Waals surface area contributed by atoms with Crippen LogP contribution in [0, 0.1) is 5.82 Å². The van der Waals surface area contributed by atoms with Crippen LogP contribution in [-0.4, -0.2) is 13.1 Å². The standard InChI is InChI=1S/C12H12F5N/c13-10-3-2-8(6-9(10)12(15,16)17)11(14)4-1-5-18-7-11/h2-3,6,18H,1,4-5,7H2. The number of halogens is 5. The first-order valence-corrected chi connectivity index (χ1v) is 5.60. The monoisotopic (exact) mass is 265 g/mol. The van der Waals surface area contributed by atoms with Crippen LogP contribution < -0.4 is 5.32 Å². The molecule has 18 heavy (non-hydrogen) atoms. The number of hydrogen-bond acceptors (Lipinski definition) is 1. The first-order chi connectivity index (χ1) is 8.33. The molecule has 1 heterocycles. The van der Waals surface area contributed by atoms with Crippen LogP contribution in [0.15, 0.2) is 18.2 Å². The van der Waals surface area contributed by atoms with Crippen LogP contribution in [0.3, 0.4) is 0 Å². The Hall–Kier alpha value is -1.17. The number of piperidine rings is 1. The fourth-order valence-electron chi connectivity index (χ4n) is 2.14. The normalized spacial score (nSPS) is 25.2. The maximum Gasteiger partial charge on any atom is 0.419 e. The van der Waals surface area contributed by atoms with Crippen molar-refractivity contribution in [3.05, 3.63) is 35.1 Å². The van der Waals surface area contributed by atoms with Crippen LogP contribution in [0.5, 0.6) is 0 Å². The summed E-state index contributed by atoms with van der Waals surface area (Å²) in [6, 6.07) is 2.33. The molecule has 1 unspecified atom stereocenters. The number of nitrogens with one attached hydrogen (secondary N) is 1.